The van der Waals surface area contributed by atoms with E-state index in [2.05, 4.69) is 17.9 Å². The number of amides is 1. The average Bonchev–Trinajstić information content (AvgIpc) is 3.11. The molecule has 1 aromatic rings. The number of rotatable bonds is 4. The summed E-state index contributed by atoms with van der Waals surface area (Å²) in [4.78, 5) is 17.5. The second-order valence-electron chi connectivity index (χ2n) is 8.97. The number of likely N-dealkylation sites (tertiary alicyclic amines) is 2. The summed E-state index contributed by atoms with van der Waals surface area (Å²) in [6.07, 6.45) is 6.04. The van der Waals surface area contributed by atoms with Crippen LogP contribution in [-0.4, -0.2) is 72.4 Å². The monoisotopic (exact) mass is 386 g/mol. The van der Waals surface area contributed by atoms with Crippen molar-refractivity contribution in [1.29, 1.82) is 0 Å². The van der Waals surface area contributed by atoms with Crippen molar-refractivity contribution < 1.29 is 14.6 Å². The van der Waals surface area contributed by atoms with Crippen LogP contribution in [0.1, 0.15) is 54.9 Å². The number of ether oxygens (including phenoxy) is 1. The van der Waals surface area contributed by atoms with Crippen molar-refractivity contribution in [3.63, 3.8) is 0 Å². The van der Waals surface area contributed by atoms with Gasteiger partial charge in [-0.25, -0.2) is 0 Å². The van der Waals surface area contributed by atoms with Crippen molar-refractivity contribution in [2.75, 3.05) is 39.3 Å². The molecule has 3 fully saturated rings. The second-order valence-corrected chi connectivity index (χ2v) is 8.97. The van der Waals surface area contributed by atoms with E-state index in [-0.39, 0.29) is 17.4 Å². The summed E-state index contributed by atoms with van der Waals surface area (Å²) < 4.78 is 6.19. The molecule has 0 aromatic heterocycles. The smallest absolute Gasteiger partial charge is 0.254 e. The lowest BCUT2D eigenvalue weighted by Gasteiger charge is -2.39. The van der Waals surface area contributed by atoms with E-state index in [0.717, 1.165) is 89.0 Å². The summed E-state index contributed by atoms with van der Waals surface area (Å²) in [6.45, 7) is 7.56. The van der Waals surface area contributed by atoms with E-state index in [1.165, 1.54) is 0 Å². The molecule has 1 N–H and O–H groups in total. The number of hydrogen-bond acceptors (Lipinski definition) is 4. The van der Waals surface area contributed by atoms with Crippen molar-refractivity contribution in [3.05, 3.63) is 35.4 Å². The summed E-state index contributed by atoms with van der Waals surface area (Å²) >= 11 is 0. The zero-order valence-corrected chi connectivity index (χ0v) is 17.1. The van der Waals surface area contributed by atoms with Gasteiger partial charge in [0, 0.05) is 38.3 Å². The maximum atomic E-state index is 13.0. The molecule has 5 heteroatoms. The predicted octanol–water partition coefficient (Wildman–Crippen LogP) is 2.72. The molecule has 1 spiro atoms. The molecule has 3 aliphatic heterocycles. The normalized spacial score (nSPS) is 26.1. The topological polar surface area (TPSA) is 53.0 Å². The van der Waals surface area contributed by atoms with Crippen molar-refractivity contribution in [2.45, 2.75) is 57.7 Å². The molecule has 0 aliphatic carbocycles. The zero-order valence-electron chi connectivity index (χ0n) is 17.1. The zero-order chi connectivity index (χ0) is 19.6. The molecule has 0 radical (unpaired) electrons. The molecular formula is C23H34N2O3. The number of piperidine rings is 2. The number of benzene rings is 1. The summed E-state index contributed by atoms with van der Waals surface area (Å²) in [7, 11) is 0. The highest BCUT2D eigenvalue weighted by molar-refractivity contribution is 5.95. The Balaban J connectivity index is 1.30. The lowest BCUT2D eigenvalue weighted by atomic mass is 9.76. The number of aliphatic hydroxyl groups excluding tert-OH is 1. The fourth-order valence-electron chi connectivity index (χ4n) is 5.14. The Labute approximate surface area is 168 Å². The average molecular weight is 387 g/mol. The Bertz CT molecular complexity index is 676. The third-order valence-electron chi connectivity index (χ3n) is 7.04. The van der Waals surface area contributed by atoms with E-state index in [4.69, 9.17) is 4.74 Å². The molecule has 1 unspecified atom stereocenters. The Morgan fingerprint density at radius 1 is 1.18 bits per heavy atom. The number of hydrogen-bond donors (Lipinski definition) is 1. The van der Waals surface area contributed by atoms with Crippen LogP contribution < -0.4 is 0 Å². The standard InChI is InChI=1S/C23H34N2O3/c1-2-18-5-3-4-6-21(18)22(27)25-13-9-23(10-14-25)15-20(28-17-23)16-24-11-7-19(26)8-12-24/h3-6,19-20,26H,2,7-17H2,1H3. The molecule has 5 nitrogen and oxygen atoms in total. The first-order valence-electron chi connectivity index (χ1n) is 11.0. The van der Waals surface area contributed by atoms with Crippen LogP contribution in [0.3, 0.4) is 0 Å². The molecule has 3 aliphatic rings. The highest BCUT2D eigenvalue weighted by Crippen LogP contribution is 2.42. The van der Waals surface area contributed by atoms with Crippen LogP contribution in [0.5, 0.6) is 0 Å². The molecule has 3 heterocycles. The third-order valence-corrected chi connectivity index (χ3v) is 7.04. The van der Waals surface area contributed by atoms with Gasteiger partial charge in [0.1, 0.15) is 0 Å². The van der Waals surface area contributed by atoms with Gasteiger partial charge in [-0.15, -0.1) is 0 Å². The fourth-order valence-corrected chi connectivity index (χ4v) is 5.14. The number of nitrogens with zero attached hydrogens (tertiary/aromatic N) is 2. The van der Waals surface area contributed by atoms with E-state index in [1.54, 1.807) is 0 Å². The lowest BCUT2D eigenvalue weighted by Crippen LogP contribution is -2.44. The van der Waals surface area contributed by atoms with Crippen molar-refractivity contribution >= 4 is 5.91 Å². The minimum Gasteiger partial charge on any atom is -0.393 e. The van der Waals surface area contributed by atoms with Gasteiger partial charge in [0.05, 0.1) is 18.8 Å². The van der Waals surface area contributed by atoms with Gasteiger partial charge in [-0.2, -0.15) is 0 Å². The van der Waals surface area contributed by atoms with E-state index in [9.17, 15) is 9.90 Å². The van der Waals surface area contributed by atoms with Crippen LogP contribution in [-0.2, 0) is 11.2 Å². The molecule has 1 aromatic carbocycles. The third kappa shape index (κ3) is 4.27. The number of carbonyl (C=O) groups is 1. The minimum atomic E-state index is -0.119. The van der Waals surface area contributed by atoms with Gasteiger partial charge in [-0.3, -0.25) is 4.79 Å². The van der Waals surface area contributed by atoms with Crippen molar-refractivity contribution in [1.82, 2.24) is 9.80 Å². The molecule has 3 saturated heterocycles. The minimum absolute atomic E-state index is 0.119. The Morgan fingerprint density at radius 3 is 2.61 bits per heavy atom. The van der Waals surface area contributed by atoms with Crippen molar-refractivity contribution in [3.8, 4) is 0 Å². The van der Waals surface area contributed by atoms with Crippen molar-refractivity contribution in [2.24, 2.45) is 5.41 Å². The van der Waals surface area contributed by atoms with Crippen LogP contribution in [0.15, 0.2) is 24.3 Å². The first kappa shape index (κ1) is 19.9. The molecule has 0 bridgehead atoms. The van der Waals surface area contributed by atoms with Crippen LogP contribution in [0.2, 0.25) is 0 Å². The maximum Gasteiger partial charge on any atom is 0.254 e. The van der Waals surface area contributed by atoms with Crippen LogP contribution >= 0.6 is 0 Å². The highest BCUT2D eigenvalue weighted by Gasteiger charge is 2.43. The Morgan fingerprint density at radius 2 is 1.89 bits per heavy atom. The number of carbonyl (C=O) groups excluding carboxylic acids is 1. The van der Waals surface area contributed by atoms with Crippen LogP contribution in [0.4, 0.5) is 0 Å². The SMILES string of the molecule is CCc1ccccc1C(=O)N1CCC2(CC1)COC(CN1CCC(O)CC1)C2. The first-order chi connectivity index (χ1) is 13.6. The lowest BCUT2D eigenvalue weighted by molar-refractivity contribution is 0.0302. The Kier molecular flexibility index (Phi) is 6.04. The van der Waals surface area contributed by atoms with Gasteiger partial charge in [0.25, 0.3) is 5.91 Å². The molecule has 28 heavy (non-hydrogen) atoms. The summed E-state index contributed by atoms with van der Waals surface area (Å²) in [6, 6.07) is 8.01. The van der Waals surface area contributed by atoms with Gasteiger partial charge in [0.15, 0.2) is 0 Å². The summed E-state index contributed by atoms with van der Waals surface area (Å²) in [5, 5.41) is 9.68. The van der Waals surface area contributed by atoms with E-state index < -0.39 is 0 Å². The van der Waals surface area contributed by atoms with E-state index >= 15 is 0 Å². The molecule has 1 atom stereocenters. The quantitative estimate of drug-likeness (QED) is 0.865. The van der Waals surface area contributed by atoms with E-state index in [0.29, 0.717) is 6.10 Å². The van der Waals surface area contributed by atoms with Gasteiger partial charge in [-0.1, -0.05) is 25.1 Å². The van der Waals surface area contributed by atoms with E-state index in [1.807, 2.05) is 23.1 Å². The largest absolute Gasteiger partial charge is 0.393 e. The molecule has 1 amide bonds. The molecular weight excluding hydrogens is 352 g/mol. The predicted molar refractivity (Wildman–Crippen MR) is 109 cm³/mol. The van der Waals surface area contributed by atoms with Gasteiger partial charge >= 0.3 is 0 Å². The Hall–Kier alpha value is -1.43. The molecule has 154 valence electrons. The number of aliphatic hydroxyl groups is 1. The first-order valence-corrected chi connectivity index (χ1v) is 11.0. The summed E-state index contributed by atoms with van der Waals surface area (Å²) in [5.41, 5.74) is 2.26. The molecule has 0 saturated carbocycles. The molecule has 4 rings (SSSR count). The maximum absolute atomic E-state index is 13.0. The summed E-state index contributed by atoms with van der Waals surface area (Å²) in [5.74, 6) is 0.189. The van der Waals surface area contributed by atoms with Crippen LogP contribution in [0.25, 0.3) is 0 Å². The van der Waals surface area contributed by atoms with Gasteiger partial charge in [-0.05, 0) is 55.6 Å². The highest BCUT2D eigenvalue weighted by atomic mass is 16.5. The van der Waals surface area contributed by atoms with Gasteiger partial charge < -0.3 is 19.6 Å². The second kappa shape index (κ2) is 8.52. The van der Waals surface area contributed by atoms with Crippen LogP contribution in [0, 0.1) is 5.41 Å². The fraction of sp³-hybridized carbons (Fsp3) is 0.696. The number of aryl methyl sites for hydroxylation is 1. The van der Waals surface area contributed by atoms with Gasteiger partial charge in [0.2, 0.25) is 0 Å².